The smallest absolute Gasteiger partial charge is 0.326 e. The number of aliphatic imine (C=N–C) groups is 1. The van der Waals surface area contributed by atoms with Crippen molar-refractivity contribution in [2.24, 2.45) is 51.2 Å². The van der Waals surface area contributed by atoms with E-state index < -0.39 is 143 Å². The molecule has 33 heteroatoms. The highest BCUT2D eigenvalue weighted by molar-refractivity contribution is 7.98. The van der Waals surface area contributed by atoms with E-state index in [4.69, 9.17) is 34.4 Å². The third-order valence-electron chi connectivity index (χ3n) is 17.2. The molecule has 11 atom stereocenters. The summed E-state index contributed by atoms with van der Waals surface area (Å²) in [6.07, 6.45) is 6.22. The van der Waals surface area contributed by atoms with Crippen LogP contribution in [0.5, 0.6) is 5.75 Å². The summed E-state index contributed by atoms with van der Waals surface area (Å²) in [7, 11) is 0. The van der Waals surface area contributed by atoms with Crippen molar-refractivity contribution < 1.29 is 63.0 Å². The molecule has 3 aromatic carbocycles. The lowest BCUT2D eigenvalue weighted by molar-refractivity contribution is -0.142. The maximum absolute atomic E-state index is 15.0. The minimum atomic E-state index is -1.49. The van der Waals surface area contributed by atoms with Gasteiger partial charge in [0.15, 0.2) is 5.96 Å². The maximum Gasteiger partial charge on any atom is 0.326 e. The Morgan fingerprint density at radius 3 is 1.33 bits per heavy atom. The first-order valence-electron chi connectivity index (χ1n) is 35.3. The normalized spacial score (nSPS) is 14.5. The number of fused-ring (bicyclic) bond motifs is 1. The molecule has 10 amide bonds. The largest absolute Gasteiger partial charge is 0.508 e. The predicted molar refractivity (Wildman–Crippen MR) is 404 cm³/mol. The third-order valence-corrected chi connectivity index (χ3v) is 18.3. The zero-order valence-electron chi connectivity index (χ0n) is 60.1. The van der Waals surface area contributed by atoms with Crippen molar-refractivity contribution in [3.63, 3.8) is 0 Å². The lowest BCUT2D eigenvalue weighted by atomic mass is 9.98. The number of hydrogen-bond acceptors (Lipinski definition) is 19. The van der Waals surface area contributed by atoms with E-state index in [9.17, 15) is 63.0 Å². The molecule has 0 bridgehead atoms. The molecular formula is C71H110N18O13S2. The number of carboxylic acids is 1. The number of nitrogens with two attached hydrogens (primary N) is 6. The second-order valence-corrected chi connectivity index (χ2v) is 27.6. The summed E-state index contributed by atoms with van der Waals surface area (Å²) in [6, 6.07) is 7.30. The van der Waals surface area contributed by atoms with Crippen LogP contribution in [0.15, 0.2) is 90.1 Å². The first kappa shape index (κ1) is 87.4. The fraction of sp³-hybridized carbons (Fsp3) is 0.549. The Morgan fingerprint density at radius 2 is 0.856 bits per heavy atom. The van der Waals surface area contributed by atoms with Gasteiger partial charge in [-0.25, -0.2) is 4.79 Å². The number of thioether (sulfide) groups is 1. The van der Waals surface area contributed by atoms with E-state index >= 15 is 0 Å². The molecule has 1 heterocycles. The first-order valence-corrected chi connectivity index (χ1v) is 37.3. The number of para-hydroxylation sites is 1. The number of unbranched alkanes of at least 4 members (excludes halogenated alkanes) is 3. The summed E-state index contributed by atoms with van der Waals surface area (Å²) in [6.45, 7) is 7.56. The van der Waals surface area contributed by atoms with Crippen LogP contribution in [0.25, 0.3) is 10.9 Å². The fourth-order valence-electron chi connectivity index (χ4n) is 11.2. The van der Waals surface area contributed by atoms with E-state index in [-0.39, 0.29) is 88.3 Å². The minimum absolute atomic E-state index is 0.0222. The van der Waals surface area contributed by atoms with Crippen LogP contribution < -0.4 is 87.6 Å². The summed E-state index contributed by atoms with van der Waals surface area (Å²) in [5.41, 5.74) is 36.7. The van der Waals surface area contributed by atoms with Crippen LogP contribution in [-0.2, 0) is 72.0 Å². The van der Waals surface area contributed by atoms with Gasteiger partial charge in [0.2, 0.25) is 59.1 Å². The third kappa shape index (κ3) is 30.4. The zero-order valence-corrected chi connectivity index (χ0v) is 61.8. The number of rotatable bonds is 49. The Balaban J connectivity index is 1.67. The number of nitrogens with one attached hydrogen (secondary N) is 11. The molecule has 0 fully saturated rings. The number of carboxylic acid groups (broad SMARTS) is 1. The molecule has 25 N–H and O–H groups in total. The lowest BCUT2D eigenvalue weighted by Crippen LogP contribution is -2.62. The van der Waals surface area contributed by atoms with Gasteiger partial charge in [-0.15, -0.1) is 0 Å². The molecule has 104 heavy (non-hydrogen) atoms. The molecule has 0 aliphatic heterocycles. The second-order valence-electron chi connectivity index (χ2n) is 26.3. The fourth-order valence-corrected chi connectivity index (χ4v) is 11.9. The summed E-state index contributed by atoms with van der Waals surface area (Å²) >= 11 is 5.49. The molecule has 0 aliphatic rings. The average molecular weight is 1490 g/mol. The molecule has 0 radical (unpaired) electrons. The number of aromatic nitrogens is 1. The van der Waals surface area contributed by atoms with E-state index in [0.717, 1.165) is 10.9 Å². The molecule has 0 saturated heterocycles. The number of phenols is 1. The number of carbonyl (C=O) groups excluding carboxylic acids is 10. The van der Waals surface area contributed by atoms with E-state index in [1.165, 1.54) is 36.0 Å². The average Bonchev–Trinajstić information content (AvgIpc) is 1.62. The molecular weight excluding hydrogens is 1380 g/mol. The summed E-state index contributed by atoms with van der Waals surface area (Å²) in [5, 5.41) is 48.4. The van der Waals surface area contributed by atoms with Gasteiger partial charge in [0.05, 0.1) is 6.04 Å². The van der Waals surface area contributed by atoms with Crippen molar-refractivity contribution in [3.05, 3.63) is 102 Å². The number of aliphatic carboxylic acids is 1. The number of H-pyrrole nitrogens is 1. The molecule has 574 valence electrons. The van der Waals surface area contributed by atoms with E-state index in [0.29, 0.717) is 74.1 Å². The number of hydrogen-bond donors (Lipinski definition) is 20. The van der Waals surface area contributed by atoms with Gasteiger partial charge in [-0.2, -0.15) is 24.4 Å². The highest BCUT2D eigenvalue weighted by Crippen LogP contribution is 2.21. The van der Waals surface area contributed by atoms with Crippen LogP contribution in [0.3, 0.4) is 0 Å². The van der Waals surface area contributed by atoms with Crippen molar-refractivity contribution in [2.75, 3.05) is 43.9 Å². The Hall–Kier alpha value is -9.02. The van der Waals surface area contributed by atoms with Gasteiger partial charge in [-0.05, 0) is 155 Å². The number of benzene rings is 3. The van der Waals surface area contributed by atoms with Crippen molar-refractivity contribution in [1.82, 2.24) is 58.2 Å². The molecule has 1 aromatic heterocycles. The first-order chi connectivity index (χ1) is 49.6. The molecule has 4 aromatic rings. The van der Waals surface area contributed by atoms with Crippen molar-refractivity contribution in [2.45, 2.75) is 190 Å². The summed E-state index contributed by atoms with van der Waals surface area (Å²) in [5.74, 6) is -10.5. The maximum atomic E-state index is 15.0. The van der Waals surface area contributed by atoms with Crippen LogP contribution >= 0.6 is 24.4 Å². The van der Waals surface area contributed by atoms with E-state index in [1.54, 1.807) is 76.5 Å². The van der Waals surface area contributed by atoms with Crippen LogP contribution in [0, 0.1) is 11.8 Å². The van der Waals surface area contributed by atoms with Crippen molar-refractivity contribution >= 4 is 106 Å². The van der Waals surface area contributed by atoms with E-state index in [1.807, 2.05) is 18.2 Å². The van der Waals surface area contributed by atoms with Gasteiger partial charge in [0.1, 0.15) is 66.2 Å². The highest BCUT2D eigenvalue weighted by Gasteiger charge is 2.38. The van der Waals surface area contributed by atoms with Crippen LogP contribution in [0.1, 0.15) is 121 Å². The topological polar surface area (TPSA) is 533 Å². The Kier molecular flexibility index (Phi) is 39.2. The zero-order chi connectivity index (χ0) is 76.8. The van der Waals surface area contributed by atoms with Gasteiger partial charge >= 0.3 is 5.97 Å². The Labute approximate surface area is 617 Å². The highest BCUT2D eigenvalue weighted by atomic mass is 32.2. The van der Waals surface area contributed by atoms with Gasteiger partial charge in [-0.1, -0.05) is 88.4 Å². The van der Waals surface area contributed by atoms with Gasteiger partial charge < -0.3 is 103 Å². The van der Waals surface area contributed by atoms with Crippen LogP contribution in [-0.4, -0.2) is 197 Å². The number of thiol groups is 1. The number of aromatic hydroxyl groups is 1. The molecule has 0 spiro atoms. The molecule has 0 saturated carbocycles. The summed E-state index contributed by atoms with van der Waals surface area (Å²) < 4.78 is 0. The van der Waals surface area contributed by atoms with Gasteiger partial charge in [0, 0.05) is 48.7 Å². The number of nitrogens with zero attached hydrogens (tertiary/aromatic N) is 1. The van der Waals surface area contributed by atoms with Crippen molar-refractivity contribution in [1.29, 1.82) is 0 Å². The molecule has 31 nitrogen and oxygen atoms in total. The Bertz CT molecular complexity index is 3440. The second kappa shape index (κ2) is 46.6. The SMILES string of the molecule is CSCC[C@H](NC(=O)[C@@H](NC(=O)[C@@H](NC(=O)[C@H](Cc1ccc(O)cc1)NC(=O)[C@H](Cc1ccccc1)NC(=O)[C@H](CCCN=C(N)N)NC(=O)[C@@H](CCCCN)NC(=O)[C@@H](N)CS)C(C)C)C(C)C)C(=O)N[C@@H](Cc1c[nH]c2ccccc12)C(=O)N[C@@H](CCCCN)C(=O)N[C@H](CCCCN)C(=O)O. The van der Waals surface area contributed by atoms with Gasteiger partial charge in [-0.3, -0.25) is 52.9 Å². The number of aromatic amines is 1. The Morgan fingerprint density at radius 1 is 0.471 bits per heavy atom. The standard InChI is InChI=1S/C71H110N18O13S2/c1-41(2)58(68(99)83-53(30-35-104-5)64(95)87-57(38-45-39-79-49-21-10-9-20-47(45)49)66(97)82-51(23-12-15-32-73)62(93)84-54(70(101)102)24-13-16-33-74)89-69(100)59(42(3)4)88-67(98)56(37-44-26-28-46(90)29-27-44)86-65(96)55(36-43-18-7-6-8-19-43)85-63(94)52(25-17-34-78-71(76)77)81-61(92)50(22-11-14-31-72)80-60(91)48(75)40-103/h6-10,18-21,26-29,39,41-42,48,50-59,79,90,103H,11-17,22-25,30-38,40,72-75H2,1-5H3,(H,80,91)(H,81,92)(H,82,97)(H,83,99)(H,84,93)(H,85,94)(H,86,96)(H,87,95)(H,88,98)(H,89,100)(H,101,102)(H4,76,77,78)/t48-,50+,51-,52-,53-,54+,55-,56-,57-,58-,59-/m0/s1. The van der Waals surface area contributed by atoms with Crippen molar-refractivity contribution in [3.8, 4) is 5.75 Å². The number of phenolic OH excluding ortho intramolecular Hbond substituents is 1. The van der Waals surface area contributed by atoms with E-state index in [2.05, 4.69) is 75.8 Å². The number of guanidine groups is 1. The van der Waals surface area contributed by atoms with Crippen LogP contribution in [0.4, 0.5) is 0 Å². The lowest BCUT2D eigenvalue weighted by Gasteiger charge is -2.30. The van der Waals surface area contributed by atoms with Gasteiger partial charge in [0.25, 0.3) is 0 Å². The minimum Gasteiger partial charge on any atom is -0.508 e. The summed E-state index contributed by atoms with van der Waals surface area (Å²) in [4.78, 5) is 164. The molecule has 0 unspecified atom stereocenters. The monoisotopic (exact) mass is 1490 g/mol. The predicted octanol–water partition coefficient (Wildman–Crippen LogP) is -0.403. The number of amides is 10. The number of carbonyl (C=O) groups is 11. The molecule has 0 aliphatic carbocycles. The van der Waals surface area contributed by atoms with Crippen LogP contribution in [0.2, 0.25) is 0 Å². The quantitative estimate of drug-likeness (QED) is 0.0116. The molecule has 4 rings (SSSR count).